The third-order valence-electron chi connectivity index (χ3n) is 5.32. The molecule has 0 aliphatic carbocycles. The standard InChI is InChI=1S/C24H22N3O4PS/c1-2-33-32(31)17-22(18-9-5-3-6-10-18)26(20-11-7-4-8-12-20)25-24(32)23(28)19-13-15-21(16-14-19)27(29)30/h3-16,22H,2,17H2,1H3. The lowest BCUT2D eigenvalue weighted by Gasteiger charge is -2.37. The van der Waals surface area contributed by atoms with Crippen LogP contribution in [0.5, 0.6) is 0 Å². The Balaban J connectivity index is 1.84. The molecule has 0 amide bonds. The van der Waals surface area contributed by atoms with Crippen LogP contribution in [0, 0.1) is 10.1 Å². The number of nitrogens with zero attached hydrogens (tertiary/aromatic N) is 3. The van der Waals surface area contributed by atoms with Crippen molar-refractivity contribution in [3.8, 4) is 0 Å². The van der Waals surface area contributed by atoms with Crippen molar-refractivity contribution in [1.82, 2.24) is 0 Å². The number of carbonyl (C=O) groups is 1. The van der Waals surface area contributed by atoms with Crippen LogP contribution in [0.4, 0.5) is 11.4 Å². The number of benzene rings is 3. The predicted octanol–water partition coefficient (Wildman–Crippen LogP) is 6.38. The molecule has 0 bridgehead atoms. The molecule has 0 fully saturated rings. The first-order valence-corrected chi connectivity index (χ1v) is 13.9. The first kappa shape index (κ1) is 23.0. The van der Waals surface area contributed by atoms with Crippen LogP contribution in [0.25, 0.3) is 0 Å². The molecule has 1 aliphatic rings. The maximum absolute atomic E-state index is 14.2. The lowest BCUT2D eigenvalue weighted by molar-refractivity contribution is -0.384. The summed E-state index contributed by atoms with van der Waals surface area (Å²) in [4.78, 5) is 23.9. The highest BCUT2D eigenvalue weighted by molar-refractivity contribution is 8.63. The van der Waals surface area contributed by atoms with Crippen molar-refractivity contribution < 1.29 is 14.3 Å². The number of hydrogen-bond acceptors (Lipinski definition) is 7. The number of carbonyl (C=O) groups excluding carboxylic acids is 1. The molecular formula is C24H22N3O4PS. The minimum atomic E-state index is -3.21. The van der Waals surface area contributed by atoms with E-state index in [1.807, 2.05) is 67.6 Å². The van der Waals surface area contributed by atoms with Gasteiger partial charge in [-0.3, -0.25) is 19.9 Å². The maximum atomic E-state index is 14.2. The molecule has 7 nitrogen and oxygen atoms in total. The number of nitro groups is 1. The van der Waals surface area contributed by atoms with Crippen molar-refractivity contribution in [1.29, 1.82) is 0 Å². The number of Topliss-reactive ketones (excluding diaryl/α,β-unsaturated/α-hetero) is 1. The molecule has 0 saturated heterocycles. The van der Waals surface area contributed by atoms with E-state index in [1.54, 1.807) is 5.01 Å². The Morgan fingerprint density at radius 1 is 1.06 bits per heavy atom. The fraction of sp³-hybridized carbons (Fsp3) is 0.167. The Hall–Kier alpha value is -3.22. The first-order valence-electron chi connectivity index (χ1n) is 10.4. The third-order valence-corrected chi connectivity index (χ3v) is 10.8. The molecule has 0 N–H and O–H groups in total. The summed E-state index contributed by atoms with van der Waals surface area (Å²) < 4.78 is 14.2. The molecule has 0 saturated carbocycles. The molecule has 0 spiro atoms. The summed E-state index contributed by atoms with van der Waals surface area (Å²) in [5, 5.41) is 17.4. The van der Waals surface area contributed by atoms with E-state index in [0.717, 1.165) is 11.3 Å². The molecule has 0 radical (unpaired) electrons. The molecular weight excluding hydrogens is 457 g/mol. The van der Waals surface area contributed by atoms with Crippen LogP contribution in [0.3, 0.4) is 0 Å². The normalized spacial score (nSPS) is 20.2. The number of para-hydroxylation sites is 1. The minimum absolute atomic E-state index is 0.0132. The van der Waals surface area contributed by atoms with E-state index in [9.17, 15) is 19.5 Å². The first-order chi connectivity index (χ1) is 15.9. The second-order valence-electron chi connectivity index (χ2n) is 7.44. The van der Waals surface area contributed by atoms with Crippen LogP contribution < -0.4 is 5.01 Å². The van der Waals surface area contributed by atoms with E-state index >= 15 is 0 Å². The van der Waals surface area contributed by atoms with Gasteiger partial charge in [0.1, 0.15) is 0 Å². The molecule has 168 valence electrons. The van der Waals surface area contributed by atoms with Gasteiger partial charge in [0, 0.05) is 23.9 Å². The number of ketones is 1. The number of hydrogen-bond donors (Lipinski definition) is 0. The van der Waals surface area contributed by atoms with Crippen LogP contribution >= 0.6 is 17.7 Å². The van der Waals surface area contributed by atoms with Gasteiger partial charge < -0.3 is 4.57 Å². The van der Waals surface area contributed by atoms with Gasteiger partial charge in [-0.15, -0.1) is 0 Å². The lowest BCUT2D eigenvalue weighted by atomic mass is 10.1. The summed E-state index contributed by atoms with van der Waals surface area (Å²) in [7, 11) is 0. The van der Waals surface area contributed by atoms with Crippen molar-refractivity contribution in [2.45, 2.75) is 13.0 Å². The highest BCUT2D eigenvalue weighted by Crippen LogP contribution is 2.64. The third kappa shape index (κ3) is 4.77. The fourth-order valence-corrected chi connectivity index (χ4v) is 8.78. The van der Waals surface area contributed by atoms with Gasteiger partial charge in [-0.05, 0) is 35.6 Å². The van der Waals surface area contributed by atoms with Crippen LogP contribution in [-0.2, 0) is 4.57 Å². The van der Waals surface area contributed by atoms with E-state index in [-0.39, 0.29) is 28.9 Å². The van der Waals surface area contributed by atoms with Crippen LogP contribution in [-0.4, -0.2) is 28.1 Å². The molecule has 1 heterocycles. The van der Waals surface area contributed by atoms with Gasteiger partial charge in [-0.1, -0.05) is 66.8 Å². The summed E-state index contributed by atoms with van der Waals surface area (Å²) in [5.41, 5.74) is 1.87. The quantitative estimate of drug-likeness (QED) is 0.169. The minimum Gasteiger partial charge on any atom is -0.305 e. The monoisotopic (exact) mass is 479 g/mol. The Morgan fingerprint density at radius 3 is 2.24 bits per heavy atom. The zero-order chi connectivity index (χ0) is 23.4. The van der Waals surface area contributed by atoms with Crippen molar-refractivity contribution in [3.63, 3.8) is 0 Å². The molecule has 2 atom stereocenters. The number of non-ortho nitro benzene ring substituents is 1. The number of rotatable bonds is 7. The average Bonchev–Trinajstić information content (AvgIpc) is 2.84. The molecule has 9 heteroatoms. The van der Waals surface area contributed by atoms with E-state index in [4.69, 9.17) is 5.10 Å². The summed E-state index contributed by atoms with van der Waals surface area (Å²) in [6, 6.07) is 24.2. The predicted molar refractivity (Wildman–Crippen MR) is 134 cm³/mol. The van der Waals surface area contributed by atoms with Crippen LogP contribution in [0.1, 0.15) is 28.9 Å². The Kier molecular flexibility index (Phi) is 6.77. The molecule has 0 aromatic heterocycles. The number of hydrazone groups is 1. The van der Waals surface area contributed by atoms with Gasteiger partial charge in [0.25, 0.3) is 5.69 Å². The van der Waals surface area contributed by atoms with Crippen molar-refractivity contribution >= 4 is 40.3 Å². The van der Waals surface area contributed by atoms with Gasteiger partial charge in [-0.2, -0.15) is 5.10 Å². The lowest BCUT2D eigenvalue weighted by Crippen LogP contribution is -2.35. The molecule has 4 rings (SSSR count). The van der Waals surface area contributed by atoms with Crippen molar-refractivity contribution in [3.05, 3.63) is 106 Å². The highest BCUT2D eigenvalue weighted by Gasteiger charge is 2.44. The average molecular weight is 479 g/mol. The molecule has 2 unspecified atom stereocenters. The van der Waals surface area contributed by atoms with Crippen molar-refractivity contribution in [2.75, 3.05) is 16.9 Å². The second kappa shape index (κ2) is 9.73. The van der Waals surface area contributed by atoms with Gasteiger partial charge in [0.15, 0.2) is 11.8 Å². The van der Waals surface area contributed by atoms with E-state index < -0.39 is 17.1 Å². The largest absolute Gasteiger partial charge is 0.305 e. The second-order valence-corrected chi connectivity index (χ2v) is 13.0. The van der Waals surface area contributed by atoms with E-state index in [0.29, 0.717) is 5.75 Å². The van der Waals surface area contributed by atoms with Gasteiger partial charge >= 0.3 is 0 Å². The summed E-state index contributed by atoms with van der Waals surface area (Å²) in [6.45, 7) is 1.90. The number of nitro benzene ring substituents is 1. The van der Waals surface area contributed by atoms with E-state index in [2.05, 4.69) is 0 Å². The molecule has 3 aromatic rings. The Bertz CT molecular complexity index is 1230. The Labute approximate surface area is 195 Å². The maximum Gasteiger partial charge on any atom is 0.269 e. The van der Waals surface area contributed by atoms with Gasteiger partial charge in [0.05, 0.1) is 16.7 Å². The number of anilines is 1. The van der Waals surface area contributed by atoms with Crippen LogP contribution in [0.15, 0.2) is 90.0 Å². The highest BCUT2D eigenvalue weighted by atomic mass is 32.7. The van der Waals surface area contributed by atoms with E-state index in [1.165, 1.54) is 35.6 Å². The van der Waals surface area contributed by atoms with Gasteiger partial charge in [-0.25, -0.2) is 0 Å². The summed E-state index contributed by atoms with van der Waals surface area (Å²) in [5.74, 6) is 0.0954. The zero-order valence-electron chi connectivity index (χ0n) is 17.9. The molecule has 1 aliphatic heterocycles. The van der Waals surface area contributed by atoms with Gasteiger partial charge in [0.2, 0.25) is 5.78 Å². The smallest absolute Gasteiger partial charge is 0.269 e. The SMILES string of the molecule is CCSP1(=O)CC(c2ccccc2)N(c2ccccc2)N=C1C(=O)c1ccc([N+](=O)[O-])cc1. The fourth-order valence-electron chi connectivity index (χ4n) is 3.76. The summed E-state index contributed by atoms with van der Waals surface area (Å²) in [6.07, 6.45) is -2.96. The summed E-state index contributed by atoms with van der Waals surface area (Å²) >= 11 is 1.26. The molecule has 3 aromatic carbocycles. The Morgan fingerprint density at radius 2 is 1.67 bits per heavy atom. The van der Waals surface area contributed by atoms with Crippen LogP contribution in [0.2, 0.25) is 0 Å². The van der Waals surface area contributed by atoms with Crippen molar-refractivity contribution in [2.24, 2.45) is 5.10 Å². The molecule has 33 heavy (non-hydrogen) atoms. The topological polar surface area (TPSA) is 92.9 Å². The zero-order valence-corrected chi connectivity index (χ0v) is 19.6.